The summed E-state index contributed by atoms with van der Waals surface area (Å²) in [7, 11) is 0. The van der Waals surface area contributed by atoms with Gasteiger partial charge < -0.3 is 0 Å². The molecule has 0 bridgehead atoms. The van der Waals surface area contributed by atoms with Crippen molar-refractivity contribution >= 4 is 0 Å². The van der Waals surface area contributed by atoms with Crippen LogP contribution in [0.4, 0.5) is 4.39 Å². The molecule has 0 aliphatic rings. The quantitative estimate of drug-likeness (QED) is 0.661. The molecule has 0 aliphatic heterocycles. The van der Waals surface area contributed by atoms with Crippen LogP contribution in [0.5, 0.6) is 0 Å². The molecule has 0 amide bonds. The van der Waals surface area contributed by atoms with Crippen molar-refractivity contribution in [2.24, 2.45) is 5.84 Å². The van der Waals surface area contributed by atoms with Gasteiger partial charge in [-0.1, -0.05) is 62.7 Å². The first kappa shape index (κ1) is 15.7. The van der Waals surface area contributed by atoms with E-state index in [1.165, 1.54) is 11.6 Å². The summed E-state index contributed by atoms with van der Waals surface area (Å²) in [5.74, 6) is 5.42. The highest BCUT2D eigenvalue weighted by Crippen LogP contribution is 2.28. The van der Waals surface area contributed by atoms with Crippen LogP contribution in [0.3, 0.4) is 0 Å². The zero-order valence-corrected chi connectivity index (χ0v) is 13.1. The SMILES string of the molecule is Cc1ccc(F)c(C(NN)c2ccc(C(C)(C)C)cc2)c1. The normalized spacial score (nSPS) is 13.2. The standard InChI is InChI=1S/C18H23FN2/c1-12-5-10-16(19)15(11-12)17(21-20)13-6-8-14(9-7-13)18(2,3)4/h5-11,17,21H,20H2,1-4H3. The van der Waals surface area contributed by atoms with Crippen molar-refractivity contribution in [2.45, 2.75) is 39.2 Å². The van der Waals surface area contributed by atoms with Crippen molar-refractivity contribution in [2.75, 3.05) is 0 Å². The first-order valence-corrected chi connectivity index (χ1v) is 7.15. The molecule has 0 aromatic heterocycles. The molecule has 2 aromatic rings. The van der Waals surface area contributed by atoms with Gasteiger partial charge in [0.1, 0.15) is 5.82 Å². The molecule has 2 aromatic carbocycles. The molecule has 3 N–H and O–H groups in total. The molecule has 3 heteroatoms. The number of hydrazine groups is 1. The summed E-state index contributed by atoms with van der Waals surface area (Å²) in [4.78, 5) is 0. The summed E-state index contributed by atoms with van der Waals surface area (Å²) in [5, 5.41) is 0. The van der Waals surface area contributed by atoms with Gasteiger partial charge in [-0.2, -0.15) is 0 Å². The van der Waals surface area contributed by atoms with Gasteiger partial charge >= 0.3 is 0 Å². The molecule has 1 unspecified atom stereocenters. The second-order valence-corrected chi connectivity index (χ2v) is 6.50. The topological polar surface area (TPSA) is 38.0 Å². The van der Waals surface area contributed by atoms with Gasteiger partial charge in [-0.25, -0.2) is 9.82 Å². The van der Waals surface area contributed by atoms with Gasteiger partial charge in [0, 0.05) is 5.56 Å². The summed E-state index contributed by atoms with van der Waals surface area (Å²) in [6.07, 6.45) is 0. The lowest BCUT2D eigenvalue weighted by Gasteiger charge is -2.22. The largest absolute Gasteiger partial charge is 0.271 e. The summed E-state index contributed by atoms with van der Waals surface area (Å²) in [6.45, 7) is 8.45. The summed E-state index contributed by atoms with van der Waals surface area (Å²) < 4.78 is 14.1. The first-order valence-electron chi connectivity index (χ1n) is 7.15. The Hall–Kier alpha value is -1.71. The fraction of sp³-hybridized carbons (Fsp3) is 0.333. The third-order valence-electron chi connectivity index (χ3n) is 3.74. The van der Waals surface area contributed by atoms with E-state index in [1.807, 2.05) is 25.1 Å². The minimum atomic E-state index is -0.348. The van der Waals surface area contributed by atoms with Crippen LogP contribution in [0.25, 0.3) is 0 Å². The number of halogens is 1. The first-order chi connectivity index (χ1) is 9.82. The molecule has 2 rings (SSSR count). The third-order valence-corrected chi connectivity index (χ3v) is 3.74. The molecule has 0 fully saturated rings. The molecule has 0 heterocycles. The van der Waals surface area contributed by atoms with Gasteiger partial charge in [-0.3, -0.25) is 5.84 Å². The minimum Gasteiger partial charge on any atom is -0.271 e. The number of hydrogen-bond donors (Lipinski definition) is 2. The van der Waals surface area contributed by atoms with Crippen LogP contribution < -0.4 is 11.3 Å². The van der Waals surface area contributed by atoms with Gasteiger partial charge in [0.2, 0.25) is 0 Å². The second-order valence-electron chi connectivity index (χ2n) is 6.50. The molecular weight excluding hydrogens is 263 g/mol. The molecule has 0 radical (unpaired) electrons. The monoisotopic (exact) mass is 286 g/mol. The van der Waals surface area contributed by atoms with Crippen molar-refractivity contribution in [1.82, 2.24) is 5.43 Å². The van der Waals surface area contributed by atoms with E-state index in [4.69, 9.17) is 5.84 Å². The van der Waals surface area contributed by atoms with Crippen molar-refractivity contribution in [3.8, 4) is 0 Å². The smallest absolute Gasteiger partial charge is 0.128 e. The third kappa shape index (κ3) is 3.49. The molecule has 0 saturated heterocycles. The average molecular weight is 286 g/mol. The number of hydrogen-bond acceptors (Lipinski definition) is 2. The van der Waals surface area contributed by atoms with E-state index in [1.54, 1.807) is 6.07 Å². The Labute approximate surface area is 126 Å². The van der Waals surface area contributed by atoms with Crippen molar-refractivity contribution in [3.05, 3.63) is 70.5 Å². The molecule has 0 spiro atoms. The average Bonchev–Trinajstić information content (AvgIpc) is 2.43. The molecule has 21 heavy (non-hydrogen) atoms. The van der Waals surface area contributed by atoms with Crippen LogP contribution in [0.2, 0.25) is 0 Å². The maximum absolute atomic E-state index is 14.1. The van der Waals surface area contributed by atoms with Crippen molar-refractivity contribution in [3.63, 3.8) is 0 Å². The number of nitrogens with one attached hydrogen (secondary N) is 1. The van der Waals surface area contributed by atoms with Crippen molar-refractivity contribution in [1.29, 1.82) is 0 Å². The van der Waals surface area contributed by atoms with Crippen LogP contribution in [0, 0.1) is 12.7 Å². The number of benzene rings is 2. The lowest BCUT2D eigenvalue weighted by Crippen LogP contribution is -2.29. The number of rotatable bonds is 3. The van der Waals surface area contributed by atoms with E-state index in [9.17, 15) is 4.39 Å². The van der Waals surface area contributed by atoms with E-state index in [2.05, 4.69) is 38.3 Å². The summed E-state index contributed by atoms with van der Waals surface area (Å²) in [6, 6.07) is 12.9. The van der Waals surface area contributed by atoms with E-state index < -0.39 is 0 Å². The van der Waals surface area contributed by atoms with Gasteiger partial charge in [0.05, 0.1) is 6.04 Å². The highest BCUT2D eigenvalue weighted by molar-refractivity contribution is 5.37. The summed E-state index contributed by atoms with van der Waals surface area (Å²) in [5.41, 5.74) is 6.60. The molecule has 0 aliphatic carbocycles. The van der Waals surface area contributed by atoms with E-state index in [0.717, 1.165) is 11.1 Å². The predicted molar refractivity (Wildman–Crippen MR) is 85.4 cm³/mol. The van der Waals surface area contributed by atoms with Crippen LogP contribution in [-0.4, -0.2) is 0 Å². The summed E-state index contributed by atoms with van der Waals surface area (Å²) >= 11 is 0. The fourth-order valence-corrected chi connectivity index (χ4v) is 2.43. The molecule has 0 saturated carbocycles. The fourth-order valence-electron chi connectivity index (χ4n) is 2.43. The molecule has 1 atom stereocenters. The van der Waals surface area contributed by atoms with Gasteiger partial charge in [0.15, 0.2) is 0 Å². The highest BCUT2D eigenvalue weighted by atomic mass is 19.1. The zero-order valence-electron chi connectivity index (χ0n) is 13.1. The van der Waals surface area contributed by atoms with Crippen LogP contribution in [0.15, 0.2) is 42.5 Å². The van der Waals surface area contributed by atoms with E-state index in [0.29, 0.717) is 5.56 Å². The maximum atomic E-state index is 14.1. The molecular formula is C18H23FN2. The Balaban J connectivity index is 2.40. The lowest BCUT2D eigenvalue weighted by atomic mass is 9.85. The number of aryl methyl sites for hydroxylation is 1. The second kappa shape index (κ2) is 5.96. The van der Waals surface area contributed by atoms with Crippen LogP contribution >= 0.6 is 0 Å². The van der Waals surface area contributed by atoms with Gasteiger partial charge in [-0.15, -0.1) is 0 Å². The van der Waals surface area contributed by atoms with Crippen molar-refractivity contribution < 1.29 is 4.39 Å². The van der Waals surface area contributed by atoms with E-state index in [-0.39, 0.29) is 17.3 Å². The Bertz CT molecular complexity index is 612. The van der Waals surface area contributed by atoms with Crippen LogP contribution in [-0.2, 0) is 5.41 Å². The highest BCUT2D eigenvalue weighted by Gasteiger charge is 2.18. The Morgan fingerprint density at radius 1 is 1.05 bits per heavy atom. The predicted octanol–water partition coefficient (Wildman–Crippen LogP) is 3.98. The lowest BCUT2D eigenvalue weighted by molar-refractivity contribution is 0.558. The molecule has 2 nitrogen and oxygen atoms in total. The van der Waals surface area contributed by atoms with Gasteiger partial charge in [-0.05, 0) is 29.5 Å². The molecule has 112 valence electrons. The number of nitrogens with two attached hydrogens (primary N) is 1. The van der Waals surface area contributed by atoms with E-state index >= 15 is 0 Å². The zero-order chi connectivity index (χ0) is 15.6. The maximum Gasteiger partial charge on any atom is 0.128 e. The Morgan fingerprint density at radius 3 is 2.19 bits per heavy atom. The minimum absolute atomic E-state index is 0.0960. The van der Waals surface area contributed by atoms with Gasteiger partial charge in [0.25, 0.3) is 0 Å². The van der Waals surface area contributed by atoms with Crippen LogP contribution in [0.1, 0.15) is 49.1 Å². The Morgan fingerprint density at radius 2 is 1.67 bits per heavy atom. The Kier molecular flexibility index (Phi) is 4.45.